The van der Waals surface area contributed by atoms with Crippen molar-refractivity contribution in [2.45, 2.75) is 39.7 Å². The van der Waals surface area contributed by atoms with Gasteiger partial charge in [-0.05, 0) is 38.8 Å². The third-order valence-electron chi connectivity index (χ3n) is 3.74. The van der Waals surface area contributed by atoms with Gasteiger partial charge in [-0.3, -0.25) is 0 Å². The summed E-state index contributed by atoms with van der Waals surface area (Å²) in [5, 5.41) is 3.31. The molecule has 1 N–H and O–H groups in total. The molecule has 0 spiro atoms. The lowest BCUT2D eigenvalue weighted by Gasteiger charge is -2.30. The summed E-state index contributed by atoms with van der Waals surface area (Å²) in [4.78, 5) is 2.47. The molecule has 1 atom stereocenters. The monoisotopic (exact) mass is 276 g/mol. The number of piperidine rings is 1. The van der Waals surface area contributed by atoms with Gasteiger partial charge in [0.15, 0.2) is 9.84 Å². The van der Waals surface area contributed by atoms with Crippen LogP contribution in [0.1, 0.15) is 33.6 Å². The zero-order chi connectivity index (χ0) is 13.6. The van der Waals surface area contributed by atoms with Crippen molar-refractivity contribution >= 4 is 9.84 Å². The van der Waals surface area contributed by atoms with Gasteiger partial charge < -0.3 is 10.2 Å². The lowest BCUT2D eigenvalue weighted by molar-refractivity contribution is 0.192. The first-order valence-corrected chi connectivity index (χ1v) is 8.91. The number of hydrogen-bond acceptors (Lipinski definition) is 4. The summed E-state index contributed by atoms with van der Waals surface area (Å²) in [6.45, 7) is 10.3. The SMILES string of the molecule is CCS(=O)(=O)CC(C)NCCN1CCC(C)CC1. The molecule has 1 aliphatic heterocycles. The van der Waals surface area contributed by atoms with Crippen molar-refractivity contribution < 1.29 is 8.42 Å². The lowest BCUT2D eigenvalue weighted by Crippen LogP contribution is -2.41. The molecule has 0 amide bonds. The Morgan fingerprint density at radius 3 is 2.50 bits per heavy atom. The van der Waals surface area contributed by atoms with Gasteiger partial charge in [0.25, 0.3) is 0 Å². The Morgan fingerprint density at radius 1 is 1.33 bits per heavy atom. The molecule has 108 valence electrons. The molecule has 1 rings (SSSR count). The van der Waals surface area contributed by atoms with Gasteiger partial charge in [0.1, 0.15) is 0 Å². The van der Waals surface area contributed by atoms with Crippen molar-refractivity contribution in [2.75, 3.05) is 37.7 Å². The average Bonchev–Trinajstić information content (AvgIpc) is 2.31. The van der Waals surface area contributed by atoms with Crippen LogP contribution < -0.4 is 5.32 Å². The highest BCUT2D eigenvalue weighted by Gasteiger charge is 2.16. The Hall–Kier alpha value is -0.130. The van der Waals surface area contributed by atoms with Gasteiger partial charge in [-0.1, -0.05) is 13.8 Å². The summed E-state index contributed by atoms with van der Waals surface area (Å²) in [6, 6.07) is 0.0543. The number of sulfone groups is 1. The van der Waals surface area contributed by atoms with E-state index in [4.69, 9.17) is 0 Å². The minimum absolute atomic E-state index is 0.0543. The van der Waals surface area contributed by atoms with E-state index in [1.807, 2.05) is 6.92 Å². The van der Waals surface area contributed by atoms with Crippen LogP contribution in [0.3, 0.4) is 0 Å². The van der Waals surface area contributed by atoms with E-state index < -0.39 is 9.84 Å². The highest BCUT2D eigenvalue weighted by atomic mass is 32.2. The Labute approximate surface area is 112 Å². The average molecular weight is 276 g/mol. The fourth-order valence-electron chi connectivity index (χ4n) is 2.31. The van der Waals surface area contributed by atoms with E-state index in [0.29, 0.717) is 0 Å². The van der Waals surface area contributed by atoms with Crippen LogP contribution in [0, 0.1) is 5.92 Å². The maximum Gasteiger partial charge on any atom is 0.151 e. The van der Waals surface area contributed by atoms with Crippen molar-refractivity contribution in [3.8, 4) is 0 Å². The fourth-order valence-corrected chi connectivity index (χ4v) is 3.43. The third kappa shape index (κ3) is 6.16. The molecule has 0 aliphatic carbocycles. The minimum Gasteiger partial charge on any atom is -0.312 e. The Bertz CT molecular complexity index is 322. The summed E-state index contributed by atoms with van der Waals surface area (Å²) < 4.78 is 22.9. The molecular weight excluding hydrogens is 248 g/mol. The Morgan fingerprint density at radius 2 is 1.94 bits per heavy atom. The van der Waals surface area contributed by atoms with Gasteiger partial charge in [-0.2, -0.15) is 0 Å². The predicted octanol–water partition coefficient (Wildman–Crippen LogP) is 1.13. The molecule has 0 aromatic carbocycles. The van der Waals surface area contributed by atoms with Crippen molar-refractivity contribution in [3.63, 3.8) is 0 Å². The molecule has 1 unspecified atom stereocenters. The van der Waals surface area contributed by atoms with Gasteiger partial charge in [0.05, 0.1) is 5.75 Å². The van der Waals surface area contributed by atoms with E-state index in [1.54, 1.807) is 6.92 Å². The molecule has 1 saturated heterocycles. The third-order valence-corrected chi connectivity index (χ3v) is 5.63. The van der Waals surface area contributed by atoms with Crippen LogP contribution in [-0.4, -0.2) is 57.0 Å². The molecule has 0 aromatic heterocycles. The van der Waals surface area contributed by atoms with E-state index in [-0.39, 0.29) is 17.5 Å². The smallest absolute Gasteiger partial charge is 0.151 e. The second-order valence-electron chi connectivity index (χ2n) is 5.58. The zero-order valence-electron chi connectivity index (χ0n) is 12.0. The minimum atomic E-state index is -2.86. The number of nitrogens with one attached hydrogen (secondary N) is 1. The van der Waals surface area contributed by atoms with E-state index in [1.165, 1.54) is 25.9 Å². The van der Waals surface area contributed by atoms with Crippen molar-refractivity contribution in [2.24, 2.45) is 5.92 Å². The first-order chi connectivity index (χ1) is 8.43. The van der Waals surface area contributed by atoms with Crippen LogP contribution in [0.15, 0.2) is 0 Å². The Balaban J connectivity index is 2.14. The standard InChI is InChI=1S/C13H28N2O2S/c1-4-18(16,17)11-13(3)14-7-10-15-8-5-12(2)6-9-15/h12-14H,4-11H2,1-3H3. The van der Waals surface area contributed by atoms with Crippen molar-refractivity contribution in [1.82, 2.24) is 10.2 Å². The van der Waals surface area contributed by atoms with Gasteiger partial charge in [-0.25, -0.2) is 8.42 Å². The summed E-state index contributed by atoms with van der Waals surface area (Å²) in [6.07, 6.45) is 2.58. The fraction of sp³-hybridized carbons (Fsp3) is 1.00. The summed E-state index contributed by atoms with van der Waals surface area (Å²) >= 11 is 0. The van der Waals surface area contributed by atoms with Gasteiger partial charge >= 0.3 is 0 Å². The summed E-state index contributed by atoms with van der Waals surface area (Å²) in [5.41, 5.74) is 0. The number of likely N-dealkylation sites (tertiary alicyclic amines) is 1. The highest BCUT2D eigenvalue weighted by molar-refractivity contribution is 7.91. The maximum atomic E-state index is 11.5. The first kappa shape index (κ1) is 15.9. The molecule has 0 radical (unpaired) electrons. The topological polar surface area (TPSA) is 49.4 Å². The molecule has 1 aliphatic rings. The van der Waals surface area contributed by atoms with E-state index >= 15 is 0 Å². The molecule has 0 aromatic rings. The van der Waals surface area contributed by atoms with Crippen LogP contribution in [0.4, 0.5) is 0 Å². The molecule has 0 saturated carbocycles. The van der Waals surface area contributed by atoms with Gasteiger partial charge in [-0.15, -0.1) is 0 Å². The predicted molar refractivity (Wildman–Crippen MR) is 76.6 cm³/mol. The number of nitrogens with zero attached hydrogens (tertiary/aromatic N) is 1. The largest absolute Gasteiger partial charge is 0.312 e. The second-order valence-corrected chi connectivity index (χ2v) is 7.98. The molecule has 4 nitrogen and oxygen atoms in total. The van der Waals surface area contributed by atoms with Crippen LogP contribution in [0.25, 0.3) is 0 Å². The van der Waals surface area contributed by atoms with E-state index in [9.17, 15) is 8.42 Å². The van der Waals surface area contributed by atoms with E-state index in [2.05, 4.69) is 17.1 Å². The first-order valence-electron chi connectivity index (χ1n) is 7.09. The molecular formula is C13H28N2O2S. The summed E-state index contributed by atoms with van der Waals surface area (Å²) in [7, 11) is -2.86. The van der Waals surface area contributed by atoms with Crippen LogP contribution in [0.2, 0.25) is 0 Å². The highest BCUT2D eigenvalue weighted by Crippen LogP contribution is 2.15. The molecule has 5 heteroatoms. The zero-order valence-corrected chi connectivity index (χ0v) is 12.8. The van der Waals surface area contributed by atoms with Crippen LogP contribution in [0.5, 0.6) is 0 Å². The molecule has 0 bridgehead atoms. The van der Waals surface area contributed by atoms with Crippen LogP contribution >= 0.6 is 0 Å². The summed E-state index contributed by atoms with van der Waals surface area (Å²) in [5.74, 6) is 1.35. The number of rotatable bonds is 7. The lowest BCUT2D eigenvalue weighted by atomic mass is 9.99. The second kappa shape index (κ2) is 7.46. The van der Waals surface area contributed by atoms with Gasteiger partial charge in [0, 0.05) is 24.9 Å². The quantitative estimate of drug-likeness (QED) is 0.757. The normalized spacial score (nSPS) is 21.1. The van der Waals surface area contributed by atoms with Crippen molar-refractivity contribution in [1.29, 1.82) is 0 Å². The Kier molecular flexibility index (Phi) is 6.60. The van der Waals surface area contributed by atoms with Gasteiger partial charge in [0.2, 0.25) is 0 Å². The molecule has 1 fully saturated rings. The van der Waals surface area contributed by atoms with E-state index in [0.717, 1.165) is 19.0 Å². The maximum absolute atomic E-state index is 11.5. The molecule has 1 heterocycles. The van der Waals surface area contributed by atoms with Crippen molar-refractivity contribution in [3.05, 3.63) is 0 Å². The number of hydrogen-bond donors (Lipinski definition) is 1. The van der Waals surface area contributed by atoms with Crippen LogP contribution in [-0.2, 0) is 9.84 Å². The molecule has 18 heavy (non-hydrogen) atoms.